The highest BCUT2D eigenvalue weighted by Crippen LogP contribution is 2.45. The summed E-state index contributed by atoms with van der Waals surface area (Å²) in [5.74, 6) is 0.207. The molecular weight excluding hydrogens is 385 g/mol. The van der Waals surface area contributed by atoms with E-state index < -0.39 is 11.7 Å². The normalized spacial score (nSPS) is 24.2. The number of nitrogens with zero attached hydrogens (tertiary/aromatic N) is 3. The average Bonchev–Trinajstić information content (AvgIpc) is 3.05. The summed E-state index contributed by atoms with van der Waals surface area (Å²) in [5, 5.41) is 11.8. The number of hydrogen-bond donors (Lipinski definition) is 1. The number of nitrogens with one attached hydrogen (secondary N) is 1. The quantitative estimate of drug-likeness (QED) is 0.828. The minimum atomic E-state index is -4.59. The van der Waals surface area contributed by atoms with Crippen LogP contribution >= 0.6 is 0 Å². The SMILES string of the molecule is CCNC(=O)N1CC[C@@H]2CN(c3ccc(C#N)c(C(F)(F)F)c3)C[C@]2(COC)C1. The predicted octanol–water partition coefficient (Wildman–Crippen LogP) is 3.08. The first-order chi connectivity index (χ1) is 13.7. The molecule has 0 radical (unpaired) electrons. The molecule has 158 valence electrons. The van der Waals surface area contributed by atoms with Gasteiger partial charge in [0.15, 0.2) is 0 Å². The highest BCUT2D eigenvalue weighted by Gasteiger charge is 2.51. The summed E-state index contributed by atoms with van der Waals surface area (Å²) >= 11 is 0. The third-order valence-electron chi connectivity index (χ3n) is 5.91. The second-order valence-electron chi connectivity index (χ2n) is 7.76. The molecule has 3 rings (SSSR count). The second-order valence-corrected chi connectivity index (χ2v) is 7.76. The molecule has 1 aromatic rings. The first-order valence-corrected chi connectivity index (χ1v) is 9.62. The van der Waals surface area contributed by atoms with Crippen LogP contribution in [-0.2, 0) is 10.9 Å². The minimum absolute atomic E-state index is 0.127. The van der Waals surface area contributed by atoms with Gasteiger partial charge in [0.2, 0.25) is 0 Å². The van der Waals surface area contributed by atoms with Gasteiger partial charge in [-0.1, -0.05) is 0 Å². The lowest BCUT2D eigenvalue weighted by Gasteiger charge is -2.43. The van der Waals surface area contributed by atoms with Gasteiger partial charge in [0, 0.05) is 50.9 Å². The molecule has 2 saturated heterocycles. The van der Waals surface area contributed by atoms with Crippen LogP contribution in [0.15, 0.2) is 18.2 Å². The predicted molar refractivity (Wildman–Crippen MR) is 101 cm³/mol. The van der Waals surface area contributed by atoms with Crippen molar-refractivity contribution in [1.82, 2.24) is 10.2 Å². The zero-order valence-corrected chi connectivity index (χ0v) is 16.6. The van der Waals surface area contributed by atoms with Gasteiger partial charge in [0.25, 0.3) is 0 Å². The Kier molecular flexibility index (Phi) is 5.94. The third-order valence-corrected chi connectivity index (χ3v) is 5.91. The highest BCUT2D eigenvalue weighted by molar-refractivity contribution is 5.74. The van der Waals surface area contributed by atoms with Crippen molar-refractivity contribution in [2.75, 3.05) is 51.3 Å². The van der Waals surface area contributed by atoms with Crippen LogP contribution in [0.2, 0.25) is 0 Å². The van der Waals surface area contributed by atoms with Gasteiger partial charge in [-0.15, -0.1) is 0 Å². The third kappa shape index (κ3) is 4.13. The van der Waals surface area contributed by atoms with E-state index in [1.54, 1.807) is 24.1 Å². The highest BCUT2D eigenvalue weighted by atomic mass is 19.4. The number of ether oxygens (including phenoxy) is 1. The second kappa shape index (κ2) is 8.11. The van der Waals surface area contributed by atoms with Crippen LogP contribution in [0.1, 0.15) is 24.5 Å². The van der Waals surface area contributed by atoms with Gasteiger partial charge in [0.1, 0.15) is 0 Å². The Morgan fingerprint density at radius 1 is 1.41 bits per heavy atom. The number of hydrogen-bond acceptors (Lipinski definition) is 4. The van der Waals surface area contributed by atoms with Gasteiger partial charge in [-0.2, -0.15) is 18.4 Å². The van der Waals surface area contributed by atoms with Gasteiger partial charge in [0.05, 0.1) is 23.8 Å². The van der Waals surface area contributed by atoms with Crippen molar-refractivity contribution in [3.8, 4) is 6.07 Å². The van der Waals surface area contributed by atoms with Gasteiger partial charge >= 0.3 is 12.2 Å². The summed E-state index contributed by atoms with van der Waals surface area (Å²) < 4.78 is 45.6. The number of nitriles is 1. The topological polar surface area (TPSA) is 68.6 Å². The standard InChI is InChI=1S/C20H25F3N4O2/c1-3-25-18(28)26-7-6-15-10-27(12-19(15,11-26)13-29-2)16-5-4-14(9-24)17(8-16)20(21,22)23/h4-5,8,15H,3,6-7,10-13H2,1-2H3,(H,25,28)/t15-,19+/m1/s1. The van der Waals surface area contributed by atoms with Crippen LogP contribution in [0.25, 0.3) is 0 Å². The monoisotopic (exact) mass is 410 g/mol. The molecule has 0 aliphatic carbocycles. The maximum Gasteiger partial charge on any atom is 0.417 e. The summed E-state index contributed by atoms with van der Waals surface area (Å²) in [5.41, 5.74) is -1.21. The van der Waals surface area contributed by atoms with Crippen LogP contribution < -0.4 is 10.2 Å². The fourth-order valence-electron chi connectivity index (χ4n) is 4.57. The first-order valence-electron chi connectivity index (χ1n) is 9.62. The number of urea groups is 1. The molecule has 0 saturated carbocycles. The van der Waals surface area contributed by atoms with Gasteiger partial charge in [-0.25, -0.2) is 4.79 Å². The van der Waals surface area contributed by atoms with E-state index >= 15 is 0 Å². The number of carbonyl (C=O) groups is 1. The van der Waals surface area contributed by atoms with E-state index in [0.717, 1.165) is 12.5 Å². The van der Waals surface area contributed by atoms with E-state index in [0.29, 0.717) is 45.0 Å². The Morgan fingerprint density at radius 3 is 2.79 bits per heavy atom. The number of likely N-dealkylation sites (tertiary alicyclic amines) is 1. The number of fused-ring (bicyclic) bond motifs is 1. The lowest BCUT2D eigenvalue weighted by molar-refractivity contribution is -0.137. The van der Waals surface area contributed by atoms with Crippen molar-refractivity contribution in [1.29, 1.82) is 5.26 Å². The molecule has 2 aliphatic heterocycles. The van der Waals surface area contributed by atoms with E-state index in [1.165, 1.54) is 6.07 Å². The number of rotatable bonds is 4. The molecule has 2 aliphatic rings. The number of methoxy groups -OCH3 is 1. The smallest absolute Gasteiger partial charge is 0.384 e. The van der Waals surface area contributed by atoms with Crippen molar-refractivity contribution in [3.63, 3.8) is 0 Å². The Balaban J connectivity index is 1.88. The van der Waals surface area contributed by atoms with E-state index in [1.807, 2.05) is 11.8 Å². The summed E-state index contributed by atoms with van der Waals surface area (Å²) in [6, 6.07) is 5.33. The zero-order chi connectivity index (χ0) is 21.2. The Hall–Kier alpha value is -2.47. The van der Waals surface area contributed by atoms with Crippen LogP contribution in [-0.4, -0.2) is 57.4 Å². The van der Waals surface area contributed by atoms with Crippen LogP contribution in [0.4, 0.5) is 23.7 Å². The molecule has 6 nitrogen and oxygen atoms in total. The molecule has 2 amide bonds. The number of amides is 2. The van der Waals surface area contributed by atoms with Crippen molar-refractivity contribution >= 4 is 11.7 Å². The molecular formula is C20H25F3N4O2. The lowest BCUT2D eigenvalue weighted by atomic mass is 9.74. The molecule has 29 heavy (non-hydrogen) atoms. The number of halogens is 3. The number of piperidine rings is 1. The van der Waals surface area contributed by atoms with E-state index in [4.69, 9.17) is 10.00 Å². The molecule has 2 atom stereocenters. The fraction of sp³-hybridized carbons (Fsp3) is 0.600. The molecule has 2 fully saturated rings. The van der Waals surface area contributed by atoms with Gasteiger partial charge in [-0.05, 0) is 37.5 Å². The minimum Gasteiger partial charge on any atom is -0.384 e. The molecule has 1 aromatic carbocycles. The number of alkyl halides is 3. The molecule has 9 heteroatoms. The number of carbonyl (C=O) groups excluding carboxylic acids is 1. The Bertz CT molecular complexity index is 808. The lowest BCUT2D eigenvalue weighted by Crippen LogP contribution is -2.55. The Morgan fingerprint density at radius 2 is 2.17 bits per heavy atom. The molecule has 2 heterocycles. The molecule has 1 N–H and O–H groups in total. The van der Waals surface area contributed by atoms with E-state index in [9.17, 15) is 18.0 Å². The summed E-state index contributed by atoms with van der Waals surface area (Å²) in [6.07, 6.45) is -3.83. The molecule has 0 bridgehead atoms. The van der Waals surface area contributed by atoms with E-state index in [-0.39, 0.29) is 22.9 Å². The van der Waals surface area contributed by atoms with Gasteiger partial charge < -0.3 is 19.9 Å². The van der Waals surface area contributed by atoms with Crippen molar-refractivity contribution in [2.45, 2.75) is 19.5 Å². The molecule has 0 aromatic heterocycles. The first kappa shape index (κ1) is 21.2. The van der Waals surface area contributed by atoms with Crippen LogP contribution in [0.3, 0.4) is 0 Å². The van der Waals surface area contributed by atoms with Crippen molar-refractivity contribution in [3.05, 3.63) is 29.3 Å². The van der Waals surface area contributed by atoms with Crippen LogP contribution in [0, 0.1) is 22.7 Å². The largest absolute Gasteiger partial charge is 0.417 e. The van der Waals surface area contributed by atoms with Crippen molar-refractivity contribution < 1.29 is 22.7 Å². The molecule has 0 spiro atoms. The maximum absolute atomic E-state index is 13.4. The van der Waals surface area contributed by atoms with Gasteiger partial charge in [-0.3, -0.25) is 0 Å². The van der Waals surface area contributed by atoms with Crippen molar-refractivity contribution in [2.24, 2.45) is 11.3 Å². The summed E-state index contributed by atoms with van der Waals surface area (Å²) in [6.45, 7) is 5.00. The number of benzene rings is 1. The summed E-state index contributed by atoms with van der Waals surface area (Å²) in [7, 11) is 1.60. The summed E-state index contributed by atoms with van der Waals surface area (Å²) in [4.78, 5) is 16.0. The molecule has 0 unspecified atom stereocenters. The fourth-order valence-corrected chi connectivity index (χ4v) is 4.57. The van der Waals surface area contributed by atoms with Crippen LogP contribution in [0.5, 0.6) is 0 Å². The number of anilines is 1. The maximum atomic E-state index is 13.4. The van der Waals surface area contributed by atoms with E-state index in [2.05, 4.69) is 5.32 Å². The Labute approximate surface area is 168 Å². The zero-order valence-electron chi connectivity index (χ0n) is 16.6. The average molecular weight is 410 g/mol.